The number of amides is 2. The smallest absolute Gasteiger partial charge is 0.329 e. The molecule has 0 radical (unpaired) electrons. The highest BCUT2D eigenvalue weighted by Gasteiger charge is 2.14. The summed E-state index contributed by atoms with van der Waals surface area (Å²) in [6, 6.07) is 9.52. The predicted molar refractivity (Wildman–Crippen MR) is 99.5 cm³/mol. The van der Waals surface area contributed by atoms with Gasteiger partial charge in [-0.05, 0) is 24.3 Å². The van der Waals surface area contributed by atoms with E-state index in [9.17, 15) is 9.59 Å². The van der Waals surface area contributed by atoms with Gasteiger partial charge < -0.3 is 9.47 Å². The molecule has 0 aliphatic heterocycles. The molecule has 138 valence electrons. The van der Waals surface area contributed by atoms with Crippen molar-refractivity contribution in [3.63, 3.8) is 0 Å². The number of nitrogens with one attached hydrogen (secondary N) is 4. The standard InChI is InChI=1S/C16H16Cl2N4O4/c1-25-13-7-9(17)3-5-11(13)19-21-15(23)16(24)22-20-12-6-4-10(18)8-14(12)26-2/h3-8,19-20H,1-2H3,(H,21,23)(H,22,24). The third-order valence-corrected chi connectivity index (χ3v) is 3.62. The number of hydrogen-bond acceptors (Lipinski definition) is 6. The van der Waals surface area contributed by atoms with Crippen molar-refractivity contribution in [2.24, 2.45) is 0 Å². The molecule has 0 atom stereocenters. The van der Waals surface area contributed by atoms with Crippen LogP contribution in [0.25, 0.3) is 0 Å². The fourth-order valence-electron chi connectivity index (χ4n) is 1.90. The summed E-state index contributed by atoms with van der Waals surface area (Å²) < 4.78 is 10.2. The highest BCUT2D eigenvalue weighted by atomic mass is 35.5. The first-order valence-electron chi connectivity index (χ1n) is 7.24. The number of methoxy groups -OCH3 is 2. The minimum atomic E-state index is -0.928. The van der Waals surface area contributed by atoms with E-state index in [1.54, 1.807) is 36.4 Å². The number of anilines is 2. The topological polar surface area (TPSA) is 101 Å². The lowest BCUT2D eigenvalue weighted by molar-refractivity contribution is -0.138. The van der Waals surface area contributed by atoms with Gasteiger partial charge in [-0.2, -0.15) is 0 Å². The summed E-state index contributed by atoms with van der Waals surface area (Å²) in [4.78, 5) is 23.7. The van der Waals surface area contributed by atoms with Crippen LogP contribution in [0.4, 0.5) is 11.4 Å². The maximum Gasteiger partial charge on any atom is 0.329 e. The maximum absolute atomic E-state index is 11.9. The maximum atomic E-state index is 11.9. The van der Waals surface area contributed by atoms with Gasteiger partial charge in [0.05, 0.1) is 25.6 Å². The fraction of sp³-hybridized carbons (Fsp3) is 0.125. The zero-order chi connectivity index (χ0) is 19.1. The molecule has 26 heavy (non-hydrogen) atoms. The Morgan fingerprint density at radius 1 is 0.769 bits per heavy atom. The Hall–Kier alpha value is -2.84. The van der Waals surface area contributed by atoms with E-state index in [2.05, 4.69) is 21.7 Å². The number of benzene rings is 2. The number of halogens is 2. The Labute approximate surface area is 159 Å². The van der Waals surface area contributed by atoms with E-state index in [-0.39, 0.29) is 0 Å². The number of rotatable bonds is 6. The molecule has 2 amide bonds. The van der Waals surface area contributed by atoms with Crippen molar-refractivity contribution in [2.75, 3.05) is 25.1 Å². The lowest BCUT2D eigenvalue weighted by Crippen LogP contribution is -2.44. The molecule has 0 bridgehead atoms. The summed E-state index contributed by atoms with van der Waals surface area (Å²) in [6.45, 7) is 0. The van der Waals surface area contributed by atoms with Gasteiger partial charge in [-0.3, -0.25) is 31.3 Å². The highest BCUT2D eigenvalue weighted by molar-refractivity contribution is 6.35. The second-order valence-corrected chi connectivity index (χ2v) is 5.72. The van der Waals surface area contributed by atoms with Crippen LogP contribution in [0.2, 0.25) is 10.0 Å². The number of carbonyl (C=O) groups is 2. The molecular weight excluding hydrogens is 383 g/mol. The van der Waals surface area contributed by atoms with Gasteiger partial charge in [0.15, 0.2) is 0 Å². The first kappa shape index (κ1) is 19.5. The van der Waals surface area contributed by atoms with E-state index in [1.165, 1.54) is 14.2 Å². The largest absolute Gasteiger partial charge is 0.494 e. The predicted octanol–water partition coefficient (Wildman–Crippen LogP) is 2.60. The number of hydrogen-bond donors (Lipinski definition) is 4. The second kappa shape index (κ2) is 9.02. The van der Waals surface area contributed by atoms with E-state index in [0.717, 1.165) is 0 Å². The molecule has 0 unspecified atom stereocenters. The third-order valence-electron chi connectivity index (χ3n) is 3.15. The molecule has 0 fully saturated rings. The molecule has 10 heteroatoms. The number of hydrazine groups is 2. The lowest BCUT2D eigenvalue weighted by Gasteiger charge is -2.14. The number of carbonyl (C=O) groups excluding carboxylic acids is 2. The Morgan fingerprint density at radius 3 is 1.50 bits per heavy atom. The fourth-order valence-corrected chi connectivity index (χ4v) is 2.22. The molecule has 0 spiro atoms. The van der Waals surface area contributed by atoms with Crippen LogP contribution in [-0.4, -0.2) is 26.0 Å². The first-order chi connectivity index (χ1) is 12.4. The van der Waals surface area contributed by atoms with Gasteiger partial charge >= 0.3 is 11.8 Å². The molecule has 0 saturated carbocycles. The highest BCUT2D eigenvalue weighted by Crippen LogP contribution is 2.27. The third kappa shape index (κ3) is 5.08. The van der Waals surface area contributed by atoms with E-state index in [1.807, 2.05) is 0 Å². The molecule has 0 saturated heterocycles. The van der Waals surface area contributed by atoms with Crippen molar-refractivity contribution in [3.05, 3.63) is 46.4 Å². The van der Waals surface area contributed by atoms with Crippen molar-refractivity contribution in [2.45, 2.75) is 0 Å². The van der Waals surface area contributed by atoms with Crippen LogP contribution >= 0.6 is 23.2 Å². The van der Waals surface area contributed by atoms with Crippen molar-refractivity contribution in [3.8, 4) is 11.5 Å². The van der Waals surface area contributed by atoms with Crippen LogP contribution in [0.3, 0.4) is 0 Å². The monoisotopic (exact) mass is 398 g/mol. The summed E-state index contributed by atoms with van der Waals surface area (Å²) in [6.07, 6.45) is 0. The molecule has 4 N–H and O–H groups in total. The van der Waals surface area contributed by atoms with Crippen molar-refractivity contribution in [1.29, 1.82) is 0 Å². The zero-order valence-electron chi connectivity index (χ0n) is 13.9. The second-order valence-electron chi connectivity index (χ2n) is 4.85. The van der Waals surface area contributed by atoms with Gasteiger partial charge in [0, 0.05) is 22.2 Å². The zero-order valence-corrected chi connectivity index (χ0v) is 15.4. The summed E-state index contributed by atoms with van der Waals surface area (Å²) in [5.74, 6) is -1.05. The van der Waals surface area contributed by atoms with Crippen LogP contribution in [0.5, 0.6) is 11.5 Å². The molecule has 0 aliphatic carbocycles. The Balaban J connectivity index is 1.91. The Morgan fingerprint density at radius 2 is 1.15 bits per heavy atom. The average molecular weight is 399 g/mol. The van der Waals surface area contributed by atoms with Crippen LogP contribution in [0.1, 0.15) is 0 Å². The van der Waals surface area contributed by atoms with Gasteiger partial charge in [0.25, 0.3) is 0 Å². The molecule has 2 aromatic rings. The molecule has 0 heterocycles. The molecule has 2 rings (SSSR count). The molecule has 8 nitrogen and oxygen atoms in total. The van der Waals surface area contributed by atoms with E-state index >= 15 is 0 Å². The quantitative estimate of drug-likeness (QED) is 0.440. The first-order valence-corrected chi connectivity index (χ1v) is 7.99. The van der Waals surface area contributed by atoms with Gasteiger partial charge in [-0.25, -0.2) is 0 Å². The van der Waals surface area contributed by atoms with Gasteiger partial charge in [0.1, 0.15) is 11.5 Å². The van der Waals surface area contributed by atoms with Crippen molar-refractivity contribution in [1.82, 2.24) is 10.9 Å². The van der Waals surface area contributed by atoms with E-state index < -0.39 is 11.8 Å². The lowest BCUT2D eigenvalue weighted by atomic mass is 10.3. The van der Waals surface area contributed by atoms with Crippen LogP contribution in [0, 0.1) is 0 Å². The van der Waals surface area contributed by atoms with Crippen LogP contribution in [-0.2, 0) is 9.59 Å². The Kier molecular flexibility index (Phi) is 6.76. The van der Waals surface area contributed by atoms with E-state index in [4.69, 9.17) is 32.7 Å². The minimum Gasteiger partial charge on any atom is -0.494 e. The summed E-state index contributed by atoms with van der Waals surface area (Å²) in [5, 5.41) is 0.940. The van der Waals surface area contributed by atoms with Crippen LogP contribution in [0.15, 0.2) is 36.4 Å². The minimum absolute atomic E-state index is 0.405. The molecular formula is C16H16Cl2N4O4. The van der Waals surface area contributed by atoms with Crippen molar-refractivity contribution >= 4 is 46.4 Å². The average Bonchev–Trinajstić information content (AvgIpc) is 2.65. The van der Waals surface area contributed by atoms with Gasteiger partial charge in [-0.15, -0.1) is 0 Å². The SMILES string of the molecule is COc1cc(Cl)ccc1NNC(=O)C(=O)NNc1ccc(Cl)cc1OC. The molecule has 0 aromatic heterocycles. The number of ether oxygens (including phenoxy) is 2. The normalized spacial score (nSPS) is 9.85. The summed E-state index contributed by atoms with van der Waals surface area (Å²) in [5.41, 5.74) is 10.5. The van der Waals surface area contributed by atoms with Crippen molar-refractivity contribution < 1.29 is 19.1 Å². The Bertz CT molecular complexity index is 749. The summed E-state index contributed by atoms with van der Waals surface area (Å²) >= 11 is 11.7. The molecule has 0 aliphatic rings. The van der Waals surface area contributed by atoms with E-state index in [0.29, 0.717) is 32.9 Å². The van der Waals surface area contributed by atoms with Gasteiger partial charge in [-0.1, -0.05) is 23.2 Å². The van der Waals surface area contributed by atoms with Crippen LogP contribution < -0.4 is 31.2 Å². The molecule has 2 aromatic carbocycles. The summed E-state index contributed by atoms with van der Waals surface area (Å²) in [7, 11) is 2.91. The van der Waals surface area contributed by atoms with Gasteiger partial charge in [0.2, 0.25) is 0 Å².